The van der Waals surface area contributed by atoms with Crippen LogP contribution in [0.1, 0.15) is 10.4 Å². The molecule has 0 saturated carbocycles. The predicted molar refractivity (Wildman–Crippen MR) is 50.5 cm³/mol. The van der Waals surface area contributed by atoms with Gasteiger partial charge < -0.3 is 10.1 Å². The third kappa shape index (κ3) is 1.68. The Labute approximate surface area is 76.6 Å². The Hall–Kier alpha value is -0.380. The van der Waals surface area contributed by atoms with E-state index in [4.69, 9.17) is 4.74 Å². The topological polar surface area (TPSA) is 21.3 Å². The molecule has 1 aliphatic rings. The molecule has 2 rings (SSSR count). The van der Waals surface area contributed by atoms with Crippen molar-refractivity contribution in [2.24, 2.45) is 0 Å². The third-order valence-electron chi connectivity index (χ3n) is 2.19. The van der Waals surface area contributed by atoms with E-state index >= 15 is 0 Å². The average molecular weight is 183 g/mol. The van der Waals surface area contributed by atoms with Gasteiger partial charge in [-0.25, -0.2) is 0 Å². The van der Waals surface area contributed by atoms with Crippen molar-refractivity contribution in [2.75, 3.05) is 13.2 Å². The molecule has 2 nitrogen and oxygen atoms in total. The van der Waals surface area contributed by atoms with Gasteiger partial charge in [0.2, 0.25) is 0 Å². The molecule has 0 bridgehead atoms. The van der Waals surface area contributed by atoms with Crippen molar-refractivity contribution in [1.29, 1.82) is 0 Å². The molecule has 0 aromatic carbocycles. The van der Waals surface area contributed by atoms with Crippen LogP contribution in [0.5, 0.6) is 0 Å². The van der Waals surface area contributed by atoms with Gasteiger partial charge in [-0.2, -0.15) is 0 Å². The van der Waals surface area contributed by atoms with Crippen LogP contribution in [0.2, 0.25) is 0 Å². The molecule has 0 atom stereocenters. The molecule has 1 N–H and O–H groups in total. The average Bonchev–Trinajstić information content (AvgIpc) is 2.33. The Morgan fingerprint density at radius 3 is 3.00 bits per heavy atom. The van der Waals surface area contributed by atoms with Crippen LogP contribution in [-0.4, -0.2) is 19.3 Å². The number of hydrogen-bond donors (Lipinski definition) is 1. The molecule has 0 radical (unpaired) electrons. The van der Waals surface area contributed by atoms with Crippen molar-refractivity contribution < 1.29 is 4.74 Å². The smallest absolute Gasteiger partial charge is 0.0643 e. The summed E-state index contributed by atoms with van der Waals surface area (Å²) in [5, 5.41) is 5.59. The van der Waals surface area contributed by atoms with E-state index in [-0.39, 0.29) is 0 Å². The normalized spacial score (nSPS) is 17.8. The van der Waals surface area contributed by atoms with Crippen molar-refractivity contribution in [2.45, 2.75) is 19.5 Å². The fourth-order valence-corrected chi connectivity index (χ4v) is 1.93. The van der Waals surface area contributed by atoms with Crippen LogP contribution < -0.4 is 5.32 Å². The van der Waals surface area contributed by atoms with Crippen LogP contribution in [0.15, 0.2) is 11.4 Å². The van der Waals surface area contributed by atoms with Crippen molar-refractivity contribution in [3.05, 3.63) is 21.9 Å². The minimum absolute atomic E-state index is 0.587. The second-order valence-corrected chi connectivity index (χ2v) is 4.24. The quantitative estimate of drug-likeness (QED) is 0.767. The van der Waals surface area contributed by atoms with Crippen LogP contribution in [-0.2, 0) is 11.3 Å². The van der Waals surface area contributed by atoms with Gasteiger partial charge in [0.1, 0.15) is 0 Å². The van der Waals surface area contributed by atoms with E-state index in [1.165, 1.54) is 10.4 Å². The number of hydrogen-bond acceptors (Lipinski definition) is 3. The van der Waals surface area contributed by atoms with Crippen molar-refractivity contribution in [3.63, 3.8) is 0 Å². The van der Waals surface area contributed by atoms with Gasteiger partial charge in [0.05, 0.1) is 19.3 Å². The summed E-state index contributed by atoms with van der Waals surface area (Å²) < 4.78 is 5.08. The minimum atomic E-state index is 0.587. The number of thiophene rings is 1. The number of nitrogens with one attached hydrogen (secondary N) is 1. The highest BCUT2D eigenvalue weighted by molar-refractivity contribution is 7.10. The number of rotatable bonds is 3. The van der Waals surface area contributed by atoms with E-state index < -0.39 is 0 Å². The van der Waals surface area contributed by atoms with Gasteiger partial charge >= 0.3 is 0 Å². The SMILES string of the molecule is Cc1sccc1CNC1COC1. The Balaban J connectivity index is 1.82. The molecule has 66 valence electrons. The zero-order valence-corrected chi connectivity index (χ0v) is 7.99. The summed E-state index contributed by atoms with van der Waals surface area (Å²) in [5.41, 5.74) is 1.42. The molecule has 0 unspecified atom stereocenters. The standard InChI is InChI=1S/C9H13NOS/c1-7-8(2-3-12-7)4-10-9-5-11-6-9/h2-3,9-10H,4-6H2,1H3. The van der Waals surface area contributed by atoms with Crippen LogP contribution in [0, 0.1) is 6.92 Å². The van der Waals surface area contributed by atoms with Crippen LogP contribution in [0.4, 0.5) is 0 Å². The minimum Gasteiger partial charge on any atom is -0.378 e. The zero-order valence-electron chi connectivity index (χ0n) is 7.17. The van der Waals surface area contributed by atoms with Crippen molar-refractivity contribution in [1.82, 2.24) is 5.32 Å². The first-order chi connectivity index (χ1) is 5.86. The molecular weight excluding hydrogens is 170 g/mol. The Bertz CT molecular complexity index is 255. The molecule has 1 aromatic rings. The number of aryl methyl sites for hydroxylation is 1. The first kappa shape index (κ1) is 8.23. The Morgan fingerprint density at radius 1 is 1.67 bits per heavy atom. The lowest BCUT2D eigenvalue weighted by Crippen LogP contribution is -2.45. The molecule has 1 aromatic heterocycles. The van der Waals surface area contributed by atoms with E-state index in [2.05, 4.69) is 23.7 Å². The lowest BCUT2D eigenvalue weighted by atomic mass is 10.2. The summed E-state index contributed by atoms with van der Waals surface area (Å²) >= 11 is 1.81. The molecule has 12 heavy (non-hydrogen) atoms. The highest BCUT2D eigenvalue weighted by Crippen LogP contribution is 2.15. The van der Waals surface area contributed by atoms with E-state index in [0.717, 1.165) is 19.8 Å². The first-order valence-electron chi connectivity index (χ1n) is 4.20. The zero-order chi connectivity index (χ0) is 8.39. The summed E-state index contributed by atoms with van der Waals surface area (Å²) in [6.45, 7) is 4.91. The fraction of sp³-hybridized carbons (Fsp3) is 0.556. The molecule has 0 amide bonds. The highest BCUT2D eigenvalue weighted by atomic mass is 32.1. The van der Waals surface area contributed by atoms with Crippen molar-refractivity contribution >= 4 is 11.3 Å². The van der Waals surface area contributed by atoms with Gasteiger partial charge in [0, 0.05) is 11.4 Å². The first-order valence-corrected chi connectivity index (χ1v) is 5.08. The van der Waals surface area contributed by atoms with Gasteiger partial charge in [0.25, 0.3) is 0 Å². The van der Waals surface area contributed by atoms with E-state index in [1.807, 2.05) is 11.3 Å². The molecular formula is C9H13NOS. The van der Waals surface area contributed by atoms with Gasteiger partial charge in [-0.1, -0.05) is 0 Å². The maximum atomic E-state index is 5.08. The molecule has 0 spiro atoms. The predicted octanol–water partition coefficient (Wildman–Crippen LogP) is 1.54. The lowest BCUT2D eigenvalue weighted by Gasteiger charge is -2.26. The molecule has 3 heteroatoms. The molecule has 2 heterocycles. The second kappa shape index (κ2) is 3.56. The highest BCUT2D eigenvalue weighted by Gasteiger charge is 2.17. The lowest BCUT2D eigenvalue weighted by molar-refractivity contribution is -0.00578. The maximum Gasteiger partial charge on any atom is 0.0643 e. The summed E-state index contributed by atoms with van der Waals surface area (Å²) in [4.78, 5) is 1.42. The van der Waals surface area contributed by atoms with Crippen LogP contribution >= 0.6 is 11.3 Å². The van der Waals surface area contributed by atoms with Gasteiger partial charge in [-0.3, -0.25) is 0 Å². The summed E-state index contributed by atoms with van der Waals surface area (Å²) in [6, 6.07) is 2.77. The van der Waals surface area contributed by atoms with Gasteiger partial charge in [-0.15, -0.1) is 11.3 Å². The Kier molecular flexibility index (Phi) is 2.44. The molecule has 1 aliphatic heterocycles. The van der Waals surface area contributed by atoms with Gasteiger partial charge in [-0.05, 0) is 23.9 Å². The summed E-state index contributed by atoms with van der Waals surface area (Å²) in [7, 11) is 0. The monoisotopic (exact) mass is 183 g/mol. The molecule has 1 saturated heterocycles. The van der Waals surface area contributed by atoms with Gasteiger partial charge in [0.15, 0.2) is 0 Å². The van der Waals surface area contributed by atoms with Crippen LogP contribution in [0.25, 0.3) is 0 Å². The van der Waals surface area contributed by atoms with E-state index in [0.29, 0.717) is 6.04 Å². The second-order valence-electron chi connectivity index (χ2n) is 3.12. The third-order valence-corrected chi connectivity index (χ3v) is 3.07. The van der Waals surface area contributed by atoms with E-state index in [9.17, 15) is 0 Å². The molecule has 1 fully saturated rings. The van der Waals surface area contributed by atoms with Crippen LogP contribution in [0.3, 0.4) is 0 Å². The summed E-state index contributed by atoms with van der Waals surface area (Å²) in [5.74, 6) is 0. The summed E-state index contributed by atoms with van der Waals surface area (Å²) in [6.07, 6.45) is 0. The fourth-order valence-electron chi connectivity index (χ4n) is 1.20. The maximum absolute atomic E-state index is 5.08. The largest absolute Gasteiger partial charge is 0.378 e. The Morgan fingerprint density at radius 2 is 2.50 bits per heavy atom. The number of ether oxygens (including phenoxy) is 1. The van der Waals surface area contributed by atoms with E-state index in [1.54, 1.807) is 0 Å². The van der Waals surface area contributed by atoms with Crippen molar-refractivity contribution in [3.8, 4) is 0 Å². The molecule has 0 aliphatic carbocycles.